The van der Waals surface area contributed by atoms with Crippen LogP contribution in [0.4, 0.5) is 0 Å². The number of fused-ring (bicyclic) bond motifs is 8. The van der Waals surface area contributed by atoms with Crippen molar-refractivity contribution < 1.29 is 9.53 Å². The van der Waals surface area contributed by atoms with Crippen molar-refractivity contribution in [2.24, 2.45) is 69.0 Å². The van der Waals surface area contributed by atoms with Crippen molar-refractivity contribution in [1.29, 1.82) is 0 Å². The third kappa shape index (κ3) is 3.61. The zero-order valence-corrected chi connectivity index (χ0v) is 28.4. The molecule has 8 rings (SSSR count). The second kappa shape index (κ2) is 9.13. The minimum atomic E-state index is 0.0365. The summed E-state index contributed by atoms with van der Waals surface area (Å²) in [5, 5.41) is 0. The Morgan fingerprint density at radius 1 is 0.977 bits per heavy atom. The topological polar surface area (TPSA) is 29.3 Å². The van der Waals surface area contributed by atoms with Crippen LogP contribution < -0.4 is 0 Å². The Kier molecular flexibility index (Phi) is 6.18. The van der Waals surface area contributed by atoms with Gasteiger partial charge in [-0.25, -0.2) is 0 Å². The van der Waals surface area contributed by atoms with E-state index in [1.807, 2.05) is 6.92 Å². The molecule has 43 heavy (non-hydrogen) atoms. The molecule has 12 atom stereocenters. The predicted molar refractivity (Wildman–Crippen MR) is 174 cm³/mol. The van der Waals surface area contributed by atoms with E-state index in [1.165, 1.54) is 76.5 Å². The number of rotatable bonds is 5. The molecule has 0 N–H and O–H groups in total. The summed E-state index contributed by atoms with van der Waals surface area (Å²) in [6.07, 6.45) is 18.8. The van der Waals surface area contributed by atoms with Crippen molar-refractivity contribution in [3.05, 3.63) is 35.5 Å². The van der Waals surface area contributed by atoms with Gasteiger partial charge in [-0.2, -0.15) is 0 Å². The van der Waals surface area contributed by atoms with Gasteiger partial charge in [0, 0.05) is 18.6 Å². The molecule has 0 aromatic heterocycles. The number of carbonyl (C=O) groups excluding carboxylic acids is 1. The molecular formula is C40H59NO2. The average Bonchev–Trinajstić information content (AvgIpc) is 3.83. The molecule has 7 aliphatic carbocycles. The van der Waals surface area contributed by atoms with E-state index < -0.39 is 0 Å². The third-order valence-electron chi connectivity index (χ3n) is 16.7. The standard InChI is InChI=1S/C40H59NO2/c1-9-43-35(42)33-27-22-25(23-28(27)33)29-13-15-37(6)31(36(29,4)5)14-16-39(8)32(37)11-10-30-34-26(24(2)3)12-17-40(34,41-20-21-41)19-18-38(30,39)7/h13,22,26-28,30-34H,2,9-12,14-21,23H2,1,3-8H3. The Morgan fingerprint density at radius 2 is 1.74 bits per heavy atom. The number of nitrogens with zero attached hydrogens (tertiary/aromatic N) is 1. The van der Waals surface area contributed by atoms with E-state index in [1.54, 1.807) is 11.1 Å². The van der Waals surface area contributed by atoms with Gasteiger partial charge in [-0.1, -0.05) is 58.9 Å². The maximum atomic E-state index is 12.4. The van der Waals surface area contributed by atoms with Gasteiger partial charge >= 0.3 is 5.97 Å². The summed E-state index contributed by atoms with van der Waals surface area (Å²) in [7, 11) is 0. The fourth-order valence-electron chi connectivity index (χ4n) is 14.5. The van der Waals surface area contributed by atoms with Crippen LogP contribution in [-0.2, 0) is 9.53 Å². The van der Waals surface area contributed by atoms with Crippen molar-refractivity contribution in [2.75, 3.05) is 19.7 Å². The lowest BCUT2D eigenvalue weighted by atomic mass is 9.33. The summed E-state index contributed by atoms with van der Waals surface area (Å²) in [5.74, 6) is 5.01. The predicted octanol–water partition coefficient (Wildman–Crippen LogP) is 9.00. The molecular weight excluding hydrogens is 526 g/mol. The van der Waals surface area contributed by atoms with Crippen LogP contribution in [-0.4, -0.2) is 36.1 Å². The lowest BCUT2D eigenvalue weighted by Gasteiger charge is -2.72. The SMILES string of the molecule is C=C(C)C1CCC2(N3CC3)CCC3(C)C(CCC4C5(C)CC=C(C6=CC7C(C6)C7C(=O)OCC)C(C)(C)C5CCC43C)C12. The van der Waals surface area contributed by atoms with E-state index in [0.29, 0.717) is 40.2 Å². The second-order valence-corrected chi connectivity index (χ2v) is 18.2. The maximum absolute atomic E-state index is 12.4. The van der Waals surface area contributed by atoms with Crippen LogP contribution in [0.25, 0.3) is 0 Å². The van der Waals surface area contributed by atoms with Gasteiger partial charge in [-0.3, -0.25) is 9.69 Å². The molecule has 1 heterocycles. The van der Waals surface area contributed by atoms with Gasteiger partial charge in [0.15, 0.2) is 0 Å². The first-order valence-electron chi connectivity index (χ1n) is 18.3. The molecule has 0 bridgehead atoms. The zero-order chi connectivity index (χ0) is 30.3. The highest BCUT2D eigenvalue weighted by molar-refractivity contribution is 5.78. The maximum Gasteiger partial charge on any atom is 0.309 e. The molecule has 5 saturated carbocycles. The van der Waals surface area contributed by atoms with Gasteiger partial charge in [0.25, 0.3) is 0 Å². The Hall–Kier alpha value is -1.35. The Balaban J connectivity index is 1.09. The fraction of sp³-hybridized carbons (Fsp3) is 0.825. The minimum Gasteiger partial charge on any atom is -0.466 e. The van der Waals surface area contributed by atoms with Crippen LogP contribution in [0.5, 0.6) is 0 Å². The van der Waals surface area contributed by atoms with E-state index in [9.17, 15) is 4.79 Å². The Labute approximate surface area is 262 Å². The van der Waals surface area contributed by atoms with Crippen LogP contribution in [0, 0.1) is 69.0 Å². The van der Waals surface area contributed by atoms with E-state index in [4.69, 9.17) is 4.74 Å². The first-order chi connectivity index (χ1) is 20.3. The number of hydrogen-bond donors (Lipinski definition) is 0. The van der Waals surface area contributed by atoms with Gasteiger partial charge in [0.2, 0.25) is 0 Å². The number of carbonyl (C=O) groups is 1. The summed E-state index contributed by atoms with van der Waals surface area (Å²) < 4.78 is 5.38. The second-order valence-electron chi connectivity index (χ2n) is 18.2. The van der Waals surface area contributed by atoms with Crippen LogP contribution in [0.3, 0.4) is 0 Å². The summed E-state index contributed by atoms with van der Waals surface area (Å²) >= 11 is 0. The Morgan fingerprint density at radius 3 is 2.40 bits per heavy atom. The first-order valence-corrected chi connectivity index (χ1v) is 18.3. The molecule has 0 radical (unpaired) electrons. The highest BCUT2D eigenvalue weighted by atomic mass is 16.5. The quantitative estimate of drug-likeness (QED) is 0.183. The molecule has 3 heteroatoms. The summed E-state index contributed by atoms with van der Waals surface area (Å²) in [5.41, 5.74) is 6.54. The zero-order valence-electron chi connectivity index (χ0n) is 28.4. The lowest BCUT2D eigenvalue weighted by Crippen LogP contribution is -2.67. The molecule has 0 spiro atoms. The van der Waals surface area contributed by atoms with Crippen LogP contribution in [0.2, 0.25) is 0 Å². The summed E-state index contributed by atoms with van der Waals surface area (Å²) in [4.78, 5) is 15.3. The van der Waals surface area contributed by atoms with Crippen LogP contribution >= 0.6 is 0 Å². The number of hydrogen-bond acceptors (Lipinski definition) is 3. The molecule has 6 fully saturated rings. The molecule has 0 aromatic carbocycles. The largest absolute Gasteiger partial charge is 0.466 e. The molecule has 3 nitrogen and oxygen atoms in total. The summed E-state index contributed by atoms with van der Waals surface area (Å²) in [6.45, 7) is 25.5. The average molecular weight is 586 g/mol. The van der Waals surface area contributed by atoms with Gasteiger partial charge in [-0.15, -0.1) is 0 Å². The molecule has 8 aliphatic rings. The van der Waals surface area contributed by atoms with Crippen molar-refractivity contribution in [1.82, 2.24) is 4.90 Å². The van der Waals surface area contributed by atoms with E-state index in [-0.39, 0.29) is 17.3 Å². The normalized spacial score (nSPS) is 52.4. The van der Waals surface area contributed by atoms with E-state index in [2.05, 4.69) is 65.2 Å². The van der Waals surface area contributed by atoms with Crippen LogP contribution in [0.15, 0.2) is 35.5 Å². The summed E-state index contributed by atoms with van der Waals surface area (Å²) in [6, 6.07) is 0. The Bertz CT molecular complexity index is 1300. The van der Waals surface area contributed by atoms with Gasteiger partial charge in [-0.05, 0) is 152 Å². The molecule has 12 unspecified atom stereocenters. The fourth-order valence-corrected chi connectivity index (χ4v) is 14.5. The van der Waals surface area contributed by atoms with Gasteiger partial charge in [0.1, 0.15) is 0 Å². The highest BCUT2D eigenvalue weighted by Crippen LogP contribution is 2.77. The smallest absolute Gasteiger partial charge is 0.309 e. The van der Waals surface area contributed by atoms with Crippen LogP contribution in [0.1, 0.15) is 113 Å². The molecule has 0 amide bonds. The first kappa shape index (κ1) is 29.1. The third-order valence-corrected chi connectivity index (χ3v) is 16.7. The van der Waals surface area contributed by atoms with Gasteiger partial charge < -0.3 is 4.74 Å². The monoisotopic (exact) mass is 585 g/mol. The highest BCUT2D eigenvalue weighted by Gasteiger charge is 2.72. The number of allylic oxidation sites excluding steroid dienone is 5. The van der Waals surface area contributed by atoms with Crippen molar-refractivity contribution in [3.8, 4) is 0 Å². The molecule has 1 aliphatic heterocycles. The van der Waals surface area contributed by atoms with Gasteiger partial charge in [0.05, 0.1) is 12.5 Å². The van der Waals surface area contributed by atoms with E-state index in [0.717, 1.165) is 36.0 Å². The van der Waals surface area contributed by atoms with Crippen molar-refractivity contribution in [3.63, 3.8) is 0 Å². The molecule has 0 aromatic rings. The number of esters is 1. The molecule has 236 valence electrons. The minimum absolute atomic E-state index is 0.0365. The van der Waals surface area contributed by atoms with Crippen molar-refractivity contribution >= 4 is 5.97 Å². The molecule has 1 saturated heterocycles. The van der Waals surface area contributed by atoms with E-state index >= 15 is 0 Å². The van der Waals surface area contributed by atoms with Crippen molar-refractivity contribution in [2.45, 2.75) is 118 Å². The lowest BCUT2D eigenvalue weighted by molar-refractivity contribution is -0.224. The number of ether oxygens (including phenoxy) is 1.